The summed E-state index contributed by atoms with van der Waals surface area (Å²) in [6.45, 7) is 1.23. The van der Waals surface area contributed by atoms with Gasteiger partial charge in [0.25, 0.3) is 0 Å². The van der Waals surface area contributed by atoms with Gasteiger partial charge in [0.05, 0.1) is 17.0 Å². The predicted molar refractivity (Wildman–Crippen MR) is 129 cm³/mol. The van der Waals surface area contributed by atoms with Crippen molar-refractivity contribution in [1.29, 1.82) is 5.26 Å². The van der Waals surface area contributed by atoms with Crippen molar-refractivity contribution in [2.75, 3.05) is 16.0 Å². The summed E-state index contributed by atoms with van der Waals surface area (Å²) in [4.78, 5) is 29.9. The summed E-state index contributed by atoms with van der Waals surface area (Å²) in [5.74, 6) is -2.14. The highest BCUT2D eigenvalue weighted by atomic mass is 32.1. The molecule has 0 spiro atoms. The average Bonchev–Trinajstić information content (AvgIpc) is 3.27. The lowest BCUT2D eigenvalue weighted by Gasteiger charge is -2.18. The minimum absolute atomic E-state index is 0.0148. The summed E-state index contributed by atoms with van der Waals surface area (Å²) < 4.78 is 27.6. The van der Waals surface area contributed by atoms with Crippen LogP contribution in [0.3, 0.4) is 0 Å². The van der Waals surface area contributed by atoms with Crippen LogP contribution in [-0.2, 0) is 4.79 Å². The van der Waals surface area contributed by atoms with Crippen LogP contribution in [0.15, 0.2) is 53.9 Å². The molecule has 0 atom stereocenters. The maximum atomic E-state index is 14.3. The van der Waals surface area contributed by atoms with Gasteiger partial charge in [0.15, 0.2) is 11.0 Å². The molecule has 0 fully saturated rings. The highest BCUT2D eigenvalue weighted by molar-refractivity contribution is 7.14. The Bertz CT molecular complexity index is 1470. The second kappa shape index (κ2) is 10.0. The molecule has 1 amide bonds. The number of para-hydroxylation sites is 1. The van der Waals surface area contributed by atoms with Gasteiger partial charge in [-0.3, -0.25) is 9.69 Å². The monoisotopic (exact) mass is 490 g/mol. The molecule has 0 unspecified atom stereocenters. The number of hydrogen-bond acceptors (Lipinski definition) is 9. The second-order valence-corrected chi connectivity index (χ2v) is 7.84. The average molecular weight is 490 g/mol. The van der Waals surface area contributed by atoms with E-state index in [1.165, 1.54) is 13.0 Å². The number of nitrogens with zero attached hydrogens (tertiary/aromatic N) is 6. The predicted octanol–water partition coefficient (Wildman–Crippen LogP) is 4.68. The Kier molecular flexibility index (Phi) is 6.70. The van der Waals surface area contributed by atoms with E-state index in [0.29, 0.717) is 17.4 Å². The topological polar surface area (TPSA) is 134 Å². The number of amides is 1. The highest BCUT2D eigenvalue weighted by Crippen LogP contribution is 2.32. The van der Waals surface area contributed by atoms with Gasteiger partial charge in [0.1, 0.15) is 17.7 Å². The van der Waals surface area contributed by atoms with Crippen LogP contribution in [0.4, 0.5) is 37.2 Å². The minimum atomic E-state index is -0.913. The third-order valence-electron chi connectivity index (χ3n) is 4.50. The highest BCUT2D eigenvalue weighted by Gasteiger charge is 2.22. The Morgan fingerprint density at radius 1 is 1.14 bits per heavy atom. The molecule has 0 saturated heterocycles. The summed E-state index contributed by atoms with van der Waals surface area (Å²) in [5.41, 5.74) is 6.71. The summed E-state index contributed by atoms with van der Waals surface area (Å²) in [6.07, 6.45) is 1.40. The van der Waals surface area contributed by atoms with Gasteiger partial charge >= 0.3 is 0 Å². The molecule has 174 valence electrons. The molecule has 2 heterocycles. The molecular weight excluding hydrogens is 474 g/mol. The van der Waals surface area contributed by atoms with Crippen molar-refractivity contribution >= 4 is 57.3 Å². The van der Waals surface area contributed by atoms with E-state index in [9.17, 15) is 18.8 Å². The Hall–Kier alpha value is -4.76. The van der Waals surface area contributed by atoms with Crippen molar-refractivity contribution in [1.82, 2.24) is 19.9 Å². The molecule has 12 heteroatoms. The number of aromatic nitrogens is 4. The lowest BCUT2D eigenvalue weighted by Crippen LogP contribution is -2.23. The molecule has 2 aromatic carbocycles. The maximum Gasteiger partial charge on any atom is 0.232 e. The number of hydrogen-bond donors (Lipinski definition) is 2. The molecule has 0 saturated carbocycles. The summed E-state index contributed by atoms with van der Waals surface area (Å²) in [6, 6.07) is 14.0. The lowest BCUT2D eigenvalue weighted by atomic mass is 10.2. The fourth-order valence-electron chi connectivity index (χ4n) is 3.03. The zero-order chi connectivity index (χ0) is 24.9. The first-order valence-electron chi connectivity index (χ1n) is 10.0. The SMILES string of the molecule is CC(=O)N(c1nc(/C=C(\C#N)c2nc(N)nc(Nc3ccccc3)n2)cs1)c1ccc(F)cc1F. The summed E-state index contributed by atoms with van der Waals surface area (Å²) >= 11 is 1.04. The first-order chi connectivity index (χ1) is 16.8. The number of rotatable bonds is 6. The van der Waals surface area contributed by atoms with Crippen molar-refractivity contribution in [3.05, 3.63) is 77.1 Å². The first-order valence-corrected chi connectivity index (χ1v) is 10.9. The van der Waals surface area contributed by atoms with Crippen LogP contribution in [0.1, 0.15) is 18.4 Å². The van der Waals surface area contributed by atoms with E-state index in [4.69, 9.17) is 5.73 Å². The van der Waals surface area contributed by atoms with Gasteiger partial charge in [-0.05, 0) is 30.3 Å². The molecule has 0 radical (unpaired) electrons. The minimum Gasteiger partial charge on any atom is -0.368 e. The molecular formula is C23H16F2N8OS. The van der Waals surface area contributed by atoms with E-state index in [1.54, 1.807) is 5.38 Å². The zero-order valence-electron chi connectivity index (χ0n) is 18.1. The van der Waals surface area contributed by atoms with Crippen LogP contribution < -0.4 is 16.0 Å². The number of nitrogen functional groups attached to an aromatic ring is 1. The van der Waals surface area contributed by atoms with Gasteiger partial charge in [0, 0.05) is 24.1 Å². The third kappa shape index (κ3) is 5.43. The molecule has 4 aromatic rings. The van der Waals surface area contributed by atoms with Gasteiger partial charge in [-0.25, -0.2) is 13.8 Å². The second-order valence-electron chi connectivity index (χ2n) is 7.01. The number of benzene rings is 2. The Morgan fingerprint density at radius 3 is 2.60 bits per heavy atom. The van der Waals surface area contributed by atoms with Gasteiger partial charge in [-0.15, -0.1) is 11.3 Å². The van der Waals surface area contributed by atoms with E-state index < -0.39 is 17.5 Å². The van der Waals surface area contributed by atoms with Crippen LogP contribution in [-0.4, -0.2) is 25.8 Å². The molecule has 0 aliphatic heterocycles. The van der Waals surface area contributed by atoms with Crippen LogP contribution in [0.25, 0.3) is 11.6 Å². The Morgan fingerprint density at radius 2 is 1.91 bits per heavy atom. The number of anilines is 5. The smallest absolute Gasteiger partial charge is 0.232 e. The summed E-state index contributed by atoms with van der Waals surface area (Å²) in [7, 11) is 0. The van der Waals surface area contributed by atoms with E-state index in [-0.39, 0.29) is 34.1 Å². The van der Waals surface area contributed by atoms with Gasteiger partial charge in [0.2, 0.25) is 17.8 Å². The molecule has 2 aromatic heterocycles. The van der Waals surface area contributed by atoms with Crippen molar-refractivity contribution in [3.8, 4) is 6.07 Å². The number of nitriles is 1. The van der Waals surface area contributed by atoms with Crippen LogP contribution in [0, 0.1) is 23.0 Å². The number of halogens is 2. The fraction of sp³-hybridized carbons (Fsp3) is 0.0435. The number of allylic oxidation sites excluding steroid dienone is 1. The van der Waals surface area contributed by atoms with Crippen molar-refractivity contribution < 1.29 is 13.6 Å². The Labute approximate surface area is 202 Å². The van der Waals surface area contributed by atoms with Gasteiger partial charge in [-0.2, -0.15) is 20.2 Å². The number of carbonyl (C=O) groups excluding carboxylic acids is 1. The molecule has 3 N–H and O–H groups in total. The van der Waals surface area contributed by atoms with Crippen molar-refractivity contribution in [2.45, 2.75) is 6.92 Å². The normalized spacial score (nSPS) is 11.1. The van der Waals surface area contributed by atoms with E-state index in [2.05, 4.69) is 25.3 Å². The molecule has 35 heavy (non-hydrogen) atoms. The van der Waals surface area contributed by atoms with Crippen LogP contribution in [0.2, 0.25) is 0 Å². The van der Waals surface area contributed by atoms with Gasteiger partial charge in [-0.1, -0.05) is 18.2 Å². The van der Waals surface area contributed by atoms with Crippen molar-refractivity contribution in [3.63, 3.8) is 0 Å². The Balaban J connectivity index is 1.66. The third-order valence-corrected chi connectivity index (χ3v) is 5.35. The maximum absolute atomic E-state index is 14.3. The standard InChI is InChI=1S/C23H16F2N8OS/c1-13(34)33(19-8-7-15(24)10-18(19)25)23-29-17(12-35-23)9-14(11-26)20-30-21(27)32-22(31-20)28-16-5-3-2-4-6-16/h2-10,12H,1H3,(H3,27,28,30,31,32)/b14-9+. The molecule has 0 bridgehead atoms. The molecule has 4 rings (SSSR count). The van der Waals surface area contributed by atoms with Gasteiger partial charge < -0.3 is 11.1 Å². The largest absolute Gasteiger partial charge is 0.368 e. The molecule has 0 aliphatic rings. The van der Waals surface area contributed by atoms with Crippen molar-refractivity contribution in [2.24, 2.45) is 0 Å². The van der Waals surface area contributed by atoms with E-state index in [0.717, 1.165) is 28.4 Å². The zero-order valence-corrected chi connectivity index (χ0v) is 18.9. The quantitative estimate of drug-likeness (QED) is 0.372. The number of thiazole rings is 1. The van der Waals surface area contributed by atoms with Crippen LogP contribution in [0.5, 0.6) is 0 Å². The fourth-order valence-corrected chi connectivity index (χ4v) is 3.87. The van der Waals surface area contributed by atoms with Crippen LogP contribution >= 0.6 is 11.3 Å². The lowest BCUT2D eigenvalue weighted by molar-refractivity contribution is -0.115. The number of carbonyl (C=O) groups is 1. The summed E-state index contributed by atoms with van der Waals surface area (Å²) in [5, 5.41) is 14.4. The number of nitrogens with one attached hydrogen (secondary N) is 1. The molecule has 9 nitrogen and oxygen atoms in total. The van der Waals surface area contributed by atoms with E-state index in [1.807, 2.05) is 36.4 Å². The number of nitrogens with two attached hydrogens (primary N) is 1. The van der Waals surface area contributed by atoms with E-state index >= 15 is 0 Å². The first kappa shape index (κ1) is 23.4. The molecule has 0 aliphatic carbocycles.